The number of hydrogen-bond donors (Lipinski definition) is 1. The fourth-order valence-electron chi connectivity index (χ4n) is 2.10. The highest BCUT2D eigenvalue weighted by Crippen LogP contribution is 2.07. The predicted molar refractivity (Wildman–Crippen MR) is 59.6 cm³/mol. The smallest absolute Gasteiger partial charge is 0.0673 e. The Balaban J connectivity index is 2.27. The molecule has 1 fully saturated rings. The summed E-state index contributed by atoms with van der Waals surface area (Å²) in [4.78, 5) is 2.53. The van der Waals surface area contributed by atoms with Crippen molar-refractivity contribution in [1.29, 1.82) is 0 Å². The van der Waals surface area contributed by atoms with Crippen molar-refractivity contribution in [2.45, 2.75) is 26.4 Å². The van der Waals surface area contributed by atoms with Crippen LogP contribution in [0.2, 0.25) is 0 Å². The summed E-state index contributed by atoms with van der Waals surface area (Å²) in [6, 6.07) is 0. The van der Waals surface area contributed by atoms with Crippen LogP contribution in [0, 0.1) is 5.92 Å². The second kappa shape index (κ2) is 6.38. The molecular formula is C11H24N2O. The Hall–Kier alpha value is -0.120. The van der Waals surface area contributed by atoms with Gasteiger partial charge in [0, 0.05) is 26.2 Å². The first-order valence-corrected chi connectivity index (χ1v) is 5.71. The summed E-state index contributed by atoms with van der Waals surface area (Å²) < 4.78 is 5.62. The zero-order chi connectivity index (χ0) is 10.4. The third kappa shape index (κ3) is 4.40. The van der Waals surface area contributed by atoms with E-state index < -0.39 is 0 Å². The van der Waals surface area contributed by atoms with E-state index >= 15 is 0 Å². The van der Waals surface area contributed by atoms with Crippen molar-refractivity contribution in [2.75, 3.05) is 39.8 Å². The van der Waals surface area contributed by atoms with Gasteiger partial charge in [0.15, 0.2) is 0 Å². The van der Waals surface area contributed by atoms with E-state index in [-0.39, 0.29) is 0 Å². The van der Waals surface area contributed by atoms with Gasteiger partial charge in [-0.25, -0.2) is 0 Å². The maximum Gasteiger partial charge on any atom is 0.0673 e. The second-order valence-corrected chi connectivity index (χ2v) is 4.46. The molecule has 1 heterocycles. The molecule has 3 heteroatoms. The monoisotopic (exact) mass is 200 g/mol. The van der Waals surface area contributed by atoms with Gasteiger partial charge in [0.05, 0.1) is 6.10 Å². The van der Waals surface area contributed by atoms with Gasteiger partial charge in [-0.15, -0.1) is 0 Å². The van der Waals surface area contributed by atoms with E-state index in [0.29, 0.717) is 6.10 Å². The second-order valence-electron chi connectivity index (χ2n) is 4.46. The highest BCUT2D eigenvalue weighted by Gasteiger charge is 2.16. The van der Waals surface area contributed by atoms with E-state index in [1.807, 2.05) is 7.05 Å². The Bertz CT molecular complexity index is 152. The molecule has 0 spiro atoms. The Kier molecular flexibility index (Phi) is 5.45. The third-order valence-electron chi connectivity index (χ3n) is 2.66. The van der Waals surface area contributed by atoms with Crippen LogP contribution in [-0.2, 0) is 4.74 Å². The molecule has 2 atom stereocenters. The van der Waals surface area contributed by atoms with Crippen molar-refractivity contribution < 1.29 is 4.74 Å². The number of rotatable bonds is 4. The lowest BCUT2D eigenvalue weighted by atomic mass is 10.1. The lowest BCUT2D eigenvalue weighted by molar-refractivity contribution is 0.0659. The fraction of sp³-hybridized carbons (Fsp3) is 1.00. The van der Waals surface area contributed by atoms with Gasteiger partial charge in [-0.1, -0.05) is 6.92 Å². The minimum absolute atomic E-state index is 0.402. The summed E-state index contributed by atoms with van der Waals surface area (Å²) in [5.41, 5.74) is 0. The molecule has 0 aromatic rings. The van der Waals surface area contributed by atoms with E-state index in [2.05, 4.69) is 24.1 Å². The van der Waals surface area contributed by atoms with E-state index in [0.717, 1.165) is 25.6 Å². The van der Waals surface area contributed by atoms with Crippen molar-refractivity contribution in [1.82, 2.24) is 10.2 Å². The first-order chi connectivity index (χ1) is 6.72. The zero-order valence-corrected chi connectivity index (χ0v) is 9.75. The molecule has 0 aromatic heterocycles. The first-order valence-electron chi connectivity index (χ1n) is 5.71. The number of nitrogens with zero attached hydrogens (tertiary/aromatic N) is 1. The molecule has 0 radical (unpaired) electrons. The van der Waals surface area contributed by atoms with Crippen molar-refractivity contribution in [3.8, 4) is 0 Å². The van der Waals surface area contributed by atoms with Crippen molar-refractivity contribution in [2.24, 2.45) is 5.92 Å². The van der Waals surface area contributed by atoms with Crippen molar-refractivity contribution in [3.63, 3.8) is 0 Å². The Morgan fingerprint density at radius 2 is 2.36 bits per heavy atom. The molecule has 0 amide bonds. The average Bonchev–Trinajstić information content (AvgIpc) is 2.30. The van der Waals surface area contributed by atoms with Crippen molar-refractivity contribution in [3.05, 3.63) is 0 Å². The van der Waals surface area contributed by atoms with Gasteiger partial charge in [-0.3, -0.25) is 0 Å². The maximum absolute atomic E-state index is 5.62. The Morgan fingerprint density at radius 1 is 1.57 bits per heavy atom. The van der Waals surface area contributed by atoms with Gasteiger partial charge < -0.3 is 15.0 Å². The molecule has 1 rings (SSSR count). The molecule has 2 unspecified atom stereocenters. The lowest BCUT2D eigenvalue weighted by Crippen LogP contribution is -2.36. The maximum atomic E-state index is 5.62. The van der Waals surface area contributed by atoms with E-state index in [1.54, 1.807) is 0 Å². The van der Waals surface area contributed by atoms with E-state index in [9.17, 15) is 0 Å². The van der Waals surface area contributed by atoms with Crippen LogP contribution in [0.25, 0.3) is 0 Å². The molecule has 14 heavy (non-hydrogen) atoms. The van der Waals surface area contributed by atoms with Gasteiger partial charge in [0.2, 0.25) is 0 Å². The first kappa shape index (κ1) is 12.0. The molecule has 1 saturated heterocycles. The normalized spacial score (nSPS) is 27.2. The molecule has 84 valence electrons. The molecule has 1 aliphatic heterocycles. The molecule has 0 saturated carbocycles. The Labute approximate surface area is 87.8 Å². The summed E-state index contributed by atoms with van der Waals surface area (Å²) in [5.74, 6) is 0.727. The molecular weight excluding hydrogens is 176 g/mol. The zero-order valence-electron chi connectivity index (χ0n) is 9.75. The molecule has 1 N–H and O–H groups in total. The summed E-state index contributed by atoms with van der Waals surface area (Å²) in [6.07, 6.45) is 1.58. The van der Waals surface area contributed by atoms with E-state index in [1.165, 1.54) is 19.5 Å². The molecule has 0 aliphatic carbocycles. The van der Waals surface area contributed by atoms with Gasteiger partial charge in [0.25, 0.3) is 0 Å². The van der Waals surface area contributed by atoms with Gasteiger partial charge in [0.1, 0.15) is 0 Å². The van der Waals surface area contributed by atoms with Crippen molar-refractivity contribution >= 4 is 0 Å². The molecule has 1 aliphatic rings. The minimum Gasteiger partial charge on any atom is -0.377 e. The summed E-state index contributed by atoms with van der Waals surface area (Å²) in [7, 11) is 2.02. The SMILES string of the molecule is CNCC(C)CN1CCCOC(C)C1. The van der Waals surface area contributed by atoms with Crippen LogP contribution in [0.1, 0.15) is 20.3 Å². The molecule has 0 bridgehead atoms. The highest BCUT2D eigenvalue weighted by molar-refractivity contribution is 4.69. The van der Waals surface area contributed by atoms with Gasteiger partial charge in [-0.2, -0.15) is 0 Å². The minimum atomic E-state index is 0.402. The standard InChI is InChI=1S/C11H24N2O/c1-10(7-12-3)8-13-5-4-6-14-11(2)9-13/h10-12H,4-9H2,1-3H3. The number of hydrogen-bond acceptors (Lipinski definition) is 3. The summed E-state index contributed by atoms with van der Waals surface area (Å²) >= 11 is 0. The van der Waals surface area contributed by atoms with Crippen LogP contribution in [-0.4, -0.2) is 50.8 Å². The molecule has 0 aromatic carbocycles. The molecule has 3 nitrogen and oxygen atoms in total. The van der Waals surface area contributed by atoms with Crippen LogP contribution in [0.15, 0.2) is 0 Å². The van der Waals surface area contributed by atoms with Gasteiger partial charge in [-0.05, 0) is 32.9 Å². The summed E-state index contributed by atoms with van der Waals surface area (Å²) in [5, 5.41) is 3.23. The van der Waals surface area contributed by atoms with Crippen LogP contribution >= 0.6 is 0 Å². The number of nitrogens with one attached hydrogen (secondary N) is 1. The quantitative estimate of drug-likeness (QED) is 0.731. The van der Waals surface area contributed by atoms with Crippen LogP contribution in [0.4, 0.5) is 0 Å². The van der Waals surface area contributed by atoms with Crippen LogP contribution in [0.5, 0.6) is 0 Å². The third-order valence-corrected chi connectivity index (χ3v) is 2.66. The van der Waals surface area contributed by atoms with Crippen LogP contribution < -0.4 is 5.32 Å². The van der Waals surface area contributed by atoms with E-state index in [4.69, 9.17) is 4.74 Å². The highest BCUT2D eigenvalue weighted by atomic mass is 16.5. The van der Waals surface area contributed by atoms with Crippen LogP contribution in [0.3, 0.4) is 0 Å². The largest absolute Gasteiger partial charge is 0.377 e. The average molecular weight is 200 g/mol. The van der Waals surface area contributed by atoms with Gasteiger partial charge >= 0.3 is 0 Å². The predicted octanol–water partition coefficient (Wildman–Crippen LogP) is 0.953. The Morgan fingerprint density at radius 3 is 3.07 bits per heavy atom. The fourth-order valence-corrected chi connectivity index (χ4v) is 2.10. The number of ether oxygens (including phenoxy) is 1. The summed E-state index contributed by atoms with van der Waals surface area (Å²) in [6.45, 7) is 9.97. The topological polar surface area (TPSA) is 24.5 Å². The lowest BCUT2D eigenvalue weighted by Gasteiger charge is -2.25.